The van der Waals surface area contributed by atoms with Crippen LogP contribution in [0.5, 0.6) is 5.75 Å². The quantitative estimate of drug-likeness (QED) is 0.816. The van der Waals surface area contributed by atoms with Gasteiger partial charge in [0.15, 0.2) is 0 Å². The summed E-state index contributed by atoms with van der Waals surface area (Å²) >= 11 is 0. The van der Waals surface area contributed by atoms with E-state index in [0.717, 1.165) is 0 Å². The highest BCUT2D eigenvalue weighted by molar-refractivity contribution is 5.99. The summed E-state index contributed by atoms with van der Waals surface area (Å²) in [6.07, 6.45) is 0.155. The third kappa shape index (κ3) is 5.08. The molecule has 0 heterocycles. The summed E-state index contributed by atoms with van der Waals surface area (Å²) in [5, 5.41) is 5.23. The number of hydrogen-bond acceptors (Lipinski definition) is 4. The van der Waals surface area contributed by atoms with Gasteiger partial charge in [-0.1, -0.05) is 0 Å². The first-order chi connectivity index (χ1) is 10.3. The summed E-state index contributed by atoms with van der Waals surface area (Å²) < 4.78 is 5.16. The summed E-state index contributed by atoms with van der Waals surface area (Å²) in [7, 11) is 4.76. The molecule has 0 saturated heterocycles. The van der Waals surface area contributed by atoms with Crippen LogP contribution in [0.1, 0.15) is 23.7 Å². The average molecular weight is 307 g/mol. The highest BCUT2D eigenvalue weighted by Gasteiger charge is 2.15. The van der Waals surface area contributed by atoms with Gasteiger partial charge in [0.1, 0.15) is 5.75 Å². The van der Waals surface area contributed by atoms with Crippen LogP contribution in [0, 0.1) is 0 Å². The Bertz CT molecular complexity index is 570. The number of rotatable bonds is 6. The lowest BCUT2D eigenvalue weighted by Gasteiger charge is -2.15. The summed E-state index contributed by atoms with van der Waals surface area (Å²) in [4.78, 5) is 36.0. The fourth-order valence-corrected chi connectivity index (χ4v) is 1.77. The van der Waals surface area contributed by atoms with Gasteiger partial charge < -0.3 is 20.3 Å². The van der Waals surface area contributed by atoms with Crippen molar-refractivity contribution in [2.45, 2.75) is 13.3 Å². The van der Waals surface area contributed by atoms with Gasteiger partial charge >= 0.3 is 0 Å². The maximum absolute atomic E-state index is 12.1. The smallest absolute Gasteiger partial charge is 0.257 e. The standard InChI is InChI=1S/C15H21N3O4/c1-10(19)16-8-7-14(20)17-11-5-6-13(22-4)12(9-11)15(21)18(2)3/h5-6,9H,7-8H2,1-4H3,(H,16,19)(H,17,20). The highest BCUT2D eigenvalue weighted by Crippen LogP contribution is 2.23. The number of methoxy groups -OCH3 is 1. The van der Waals surface area contributed by atoms with Crippen molar-refractivity contribution >= 4 is 23.4 Å². The second kappa shape index (κ2) is 8.02. The second-order valence-corrected chi connectivity index (χ2v) is 4.90. The van der Waals surface area contributed by atoms with E-state index >= 15 is 0 Å². The van der Waals surface area contributed by atoms with Crippen molar-refractivity contribution < 1.29 is 19.1 Å². The van der Waals surface area contributed by atoms with Gasteiger partial charge in [0.2, 0.25) is 11.8 Å². The summed E-state index contributed by atoms with van der Waals surface area (Å²) in [6, 6.07) is 4.85. The Labute approximate surface area is 129 Å². The van der Waals surface area contributed by atoms with Gasteiger partial charge in [-0.15, -0.1) is 0 Å². The van der Waals surface area contributed by atoms with Crippen LogP contribution >= 0.6 is 0 Å². The Hall–Kier alpha value is -2.57. The van der Waals surface area contributed by atoms with Crippen LogP contribution in [0.4, 0.5) is 5.69 Å². The van der Waals surface area contributed by atoms with Crippen molar-refractivity contribution in [3.05, 3.63) is 23.8 Å². The van der Waals surface area contributed by atoms with Gasteiger partial charge in [-0.2, -0.15) is 0 Å². The minimum absolute atomic E-state index is 0.155. The summed E-state index contributed by atoms with van der Waals surface area (Å²) in [5.41, 5.74) is 0.867. The minimum Gasteiger partial charge on any atom is -0.496 e. The topological polar surface area (TPSA) is 87.7 Å². The summed E-state index contributed by atoms with van der Waals surface area (Å²) in [5.74, 6) is -0.209. The third-order valence-electron chi connectivity index (χ3n) is 2.85. The molecule has 1 rings (SSSR count). The monoisotopic (exact) mass is 307 g/mol. The van der Waals surface area contributed by atoms with Gasteiger partial charge in [-0.05, 0) is 18.2 Å². The highest BCUT2D eigenvalue weighted by atomic mass is 16.5. The fourth-order valence-electron chi connectivity index (χ4n) is 1.77. The fraction of sp³-hybridized carbons (Fsp3) is 0.400. The average Bonchev–Trinajstić information content (AvgIpc) is 2.45. The van der Waals surface area contributed by atoms with E-state index in [4.69, 9.17) is 4.74 Å². The van der Waals surface area contributed by atoms with Crippen LogP contribution in [-0.2, 0) is 9.59 Å². The van der Waals surface area contributed by atoms with E-state index in [1.807, 2.05) is 0 Å². The lowest BCUT2D eigenvalue weighted by atomic mass is 10.1. The van der Waals surface area contributed by atoms with Gasteiger partial charge in [-0.25, -0.2) is 0 Å². The van der Waals surface area contributed by atoms with E-state index in [0.29, 0.717) is 17.0 Å². The van der Waals surface area contributed by atoms with Crippen molar-refractivity contribution in [3.63, 3.8) is 0 Å². The number of carbonyl (C=O) groups is 3. The van der Waals surface area contributed by atoms with Crippen molar-refractivity contribution in [3.8, 4) is 5.75 Å². The number of ether oxygens (including phenoxy) is 1. The zero-order chi connectivity index (χ0) is 16.7. The Kier molecular flexibility index (Phi) is 6.37. The Morgan fingerprint density at radius 1 is 1.23 bits per heavy atom. The zero-order valence-electron chi connectivity index (χ0n) is 13.2. The first-order valence-corrected chi connectivity index (χ1v) is 6.79. The maximum Gasteiger partial charge on any atom is 0.257 e. The summed E-state index contributed by atoms with van der Waals surface area (Å²) in [6.45, 7) is 1.65. The number of amides is 3. The molecule has 0 aromatic heterocycles. The number of nitrogens with one attached hydrogen (secondary N) is 2. The van der Waals surface area contributed by atoms with Gasteiger partial charge in [0, 0.05) is 39.7 Å². The third-order valence-corrected chi connectivity index (χ3v) is 2.85. The van der Waals surface area contributed by atoms with Crippen LogP contribution < -0.4 is 15.4 Å². The van der Waals surface area contributed by atoms with E-state index in [1.54, 1.807) is 32.3 Å². The molecule has 0 unspecified atom stereocenters. The van der Waals surface area contributed by atoms with Gasteiger partial charge in [0.05, 0.1) is 12.7 Å². The number of hydrogen-bond donors (Lipinski definition) is 2. The van der Waals surface area contributed by atoms with E-state index in [1.165, 1.54) is 18.9 Å². The number of benzene rings is 1. The molecule has 0 aliphatic carbocycles. The van der Waals surface area contributed by atoms with E-state index in [2.05, 4.69) is 10.6 Å². The van der Waals surface area contributed by atoms with E-state index in [9.17, 15) is 14.4 Å². The normalized spacial score (nSPS) is 9.82. The Balaban J connectivity index is 2.80. The molecular weight excluding hydrogens is 286 g/mol. The van der Waals surface area contributed by atoms with Crippen molar-refractivity contribution in [1.29, 1.82) is 0 Å². The number of carbonyl (C=O) groups excluding carboxylic acids is 3. The molecule has 0 aliphatic rings. The van der Waals surface area contributed by atoms with Crippen LogP contribution in [0.3, 0.4) is 0 Å². The predicted octanol–water partition coefficient (Wildman–Crippen LogP) is 0.862. The predicted molar refractivity (Wildman–Crippen MR) is 82.9 cm³/mol. The minimum atomic E-state index is -0.248. The van der Waals surface area contributed by atoms with Crippen molar-refractivity contribution in [2.24, 2.45) is 0 Å². The second-order valence-electron chi connectivity index (χ2n) is 4.90. The van der Waals surface area contributed by atoms with Crippen LogP contribution in [0.2, 0.25) is 0 Å². The SMILES string of the molecule is COc1ccc(NC(=O)CCNC(C)=O)cc1C(=O)N(C)C. The molecule has 1 aromatic carbocycles. The molecule has 7 heteroatoms. The number of anilines is 1. The van der Waals surface area contributed by atoms with E-state index in [-0.39, 0.29) is 30.7 Å². The molecule has 3 amide bonds. The molecular formula is C15H21N3O4. The molecule has 1 aromatic rings. The van der Waals surface area contributed by atoms with Crippen LogP contribution in [0.15, 0.2) is 18.2 Å². The lowest BCUT2D eigenvalue weighted by molar-refractivity contribution is -0.119. The Morgan fingerprint density at radius 2 is 1.91 bits per heavy atom. The zero-order valence-corrected chi connectivity index (χ0v) is 13.2. The first-order valence-electron chi connectivity index (χ1n) is 6.79. The number of nitrogens with zero attached hydrogens (tertiary/aromatic N) is 1. The molecule has 0 atom stereocenters. The lowest BCUT2D eigenvalue weighted by Crippen LogP contribution is -2.25. The molecule has 0 aliphatic heterocycles. The maximum atomic E-state index is 12.1. The van der Waals surface area contributed by atoms with Crippen molar-refractivity contribution in [1.82, 2.24) is 10.2 Å². The largest absolute Gasteiger partial charge is 0.496 e. The molecule has 0 radical (unpaired) electrons. The molecule has 0 spiro atoms. The molecule has 120 valence electrons. The van der Waals surface area contributed by atoms with Gasteiger partial charge in [0.25, 0.3) is 5.91 Å². The van der Waals surface area contributed by atoms with E-state index < -0.39 is 0 Å². The van der Waals surface area contributed by atoms with Crippen molar-refractivity contribution in [2.75, 3.05) is 33.1 Å². The molecule has 22 heavy (non-hydrogen) atoms. The molecule has 0 bridgehead atoms. The molecule has 0 saturated carbocycles. The Morgan fingerprint density at radius 3 is 2.45 bits per heavy atom. The van der Waals surface area contributed by atoms with Gasteiger partial charge in [-0.3, -0.25) is 14.4 Å². The van der Waals surface area contributed by atoms with Crippen LogP contribution in [-0.4, -0.2) is 50.4 Å². The van der Waals surface area contributed by atoms with Crippen LogP contribution in [0.25, 0.3) is 0 Å². The molecule has 0 fully saturated rings. The first kappa shape index (κ1) is 17.5. The molecule has 7 nitrogen and oxygen atoms in total. The molecule has 2 N–H and O–H groups in total.